The predicted molar refractivity (Wildman–Crippen MR) is 57.4 cm³/mol. The van der Waals surface area contributed by atoms with Gasteiger partial charge in [0.25, 0.3) is 5.91 Å². The fourth-order valence-corrected chi connectivity index (χ4v) is 1.20. The second-order valence-corrected chi connectivity index (χ2v) is 3.69. The third kappa shape index (κ3) is 3.88. The van der Waals surface area contributed by atoms with Gasteiger partial charge in [-0.2, -0.15) is 17.6 Å². The Bertz CT molecular complexity index is 532. The Hall–Kier alpha value is -2.23. The third-order valence-electron chi connectivity index (χ3n) is 2.24. The van der Waals surface area contributed by atoms with Crippen LogP contribution in [0.1, 0.15) is 10.4 Å². The number of hydrogen-bond donors (Lipinski definition) is 2. The number of hydrogen-bond acceptors (Lipinski definition) is 4. The number of aliphatic hydroxyl groups excluding tert-OH is 1. The lowest BCUT2D eigenvalue weighted by Gasteiger charge is -2.14. The standard InChI is InChI=1S/C10H8F4N2O4/c11-6-3-5(1-2-7(6)16(19)20)9(18)15-4-8(17)10(12,13)14/h1-3,8,17H,4H2,(H,15,18). The van der Waals surface area contributed by atoms with E-state index in [4.69, 9.17) is 5.11 Å². The summed E-state index contributed by atoms with van der Waals surface area (Å²) < 4.78 is 49.1. The maximum Gasteiger partial charge on any atom is 0.416 e. The number of aliphatic hydroxyl groups is 1. The molecule has 1 amide bonds. The first-order valence-electron chi connectivity index (χ1n) is 5.10. The van der Waals surface area contributed by atoms with Gasteiger partial charge in [0.2, 0.25) is 5.82 Å². The third-order valence-corrected chi connectivity index (χ3v) is 2.24. The summed E-state index contributed by atoms with van der Waals surface area (Å²) >= 11 is 0. The van der Waals surface area contributed by atoms with Crippen molar-refractivity contribution in [3.63, 3.8) is 0 Å². The van der Waals surface area contributed by atoms with Gasteiger partial charge in [-0.25, -0.2) is 0 Å². The molecule has 10 heteroatoms. The normalized spacial score (nSPS) is 12.8. The van der Waals surface area contributed by atoms with Crippen LogP contribution in [0.25, 0.3) is 0 Å². The van der Waals surface area contributed by atoms with Crippen molar-refractivity contribution in [1.29, 1.82) is 0 Å². The summed E-state index contributed by atoms with van der Waals surface area (Å²) in [4.78, 5) is 20.7. The van der Waals surface area contributed by atoms with Crippen LogP contribution in [0.4, 0.5) is 23.2 Å². The van der Waals surface area contributed by atoms with Gasteiger partial charge in [-0.1, -0.05) is 0 Å². The summed E-state index contributed by atoms with van der Waals surface area (Å²) in [7, 11) is 0. The topological polar surface area (TPSA) is 92.5 Å². The van der Waals surface area contributed by atoms with Crippen LogP contribution in [0.5, 0.6) is 0 Å². The van der Waals surface area contributed by atoms with Gasteiger partial charge in [0.15, 0.2) is 6.10 Å². The number of amides is 1. The number of benzene rings is 1. The molecule has 0 aromatic heterocycles. The molecule has 1 unspecified atom stereocenters. The van der Waals surface area contributed by atoms with Crippen LogP contribution in [0.15, 0.2) is 18.2 Å². The molecule has 0 spiro atoms. The highest BCUT2D eigenvalue weighted by Gasteiger charge is 2.38. The molecule has 110 valence electrons. The molecule has 2 N–H and O–H groups in total. The monoisotopic (exact) mass is 296 g/mol. The summed E-state index contributed by atoms with van der Waals surface area (Å²) in [5, 5.41) is 20.7. The van der Waals surface area contributed by atoms with Gasteiger partial charge in [0.05, 0.1) is 11.5 Å². The van der Waals surface area contributed by atoms with Gasteiger partial charge in [0.1, 0.15) is 0 Å². The Kier molecular flexibility index (Phi) is 4.61. The molecule has 6 nitrogen and oxygen atoms in total. The van der Waals surface area contributed by atoms with Crippen molar-refractivity contribution in [3.05, 3.63) is 39.7 Å². The van der Waals surface area contributed by atoms with Gasteiger partial charge >= 0.3 is 11.9 Å². The minimum Gasteiger partial charge on any atom is -0.382 e. The molecule has 0 aliphatic carbocycles. The maximum absolute atomic E-state index is 13.2. The smallest absolute Gasteiger partial charge is 0.382 e. The summed E-state index contributed by atoms with van der Waals surface area (Å²) in [6.07, 6.45) is -7.65. The van der Waals surface area contributed by atoms with Crippen LogP contribution in [-0.2, 0) is 0 Å². The molecular formula is C10H8F4N2O4. The zero-order valence-electron chi connectivity index (χ0n) is 9.65. The van der Waals surface area contributed by atoms with Crippen LogP contribution in [0, 0.1) is 15.9 Å². The minimum absolute atomic E-state index is 0.400. The summed E-state index contributed by atoms with van der Waals surface area (Å²) in [6, 6.07) is 2.12. The molecule has 0 saturated heterocycles. The van der Waals surface area contributed by atoms with Crippen molar-refractivity contribution in [1.82, 2.24) is 5.32 Å². The number of rotatable bonds is 4. The molecule has 0 fully saturated rings. The number of alkyl halides is 3. The van der Waals surface area contributed by atoms with Crippen molar-refractivity contribution >= 4 is 11.6 Å². The Morgan fingerprint density at radius 2 is 2.05 bits per heavy atom. The number of nitro benzene ring substituents is 1. The molecule has 1 aromatic carbocycles. The Balaban J connectivity index is 2.74. The Morgan fingerprint density at radius 3 is 2.50 bits per heavy atom. The Labute approximate surface area is 109 Å². The lowest BCUT2D eigenvalue weighted by Crippen LogP contribution is -2.40. The molecule has 1 atom stereocenters. The van der Waals surface area contributed by atoms with Gasteiger partial charge < -0.3 is 10.4 Å². The Morgan fingerprint density at radius 1 is 1.45 bits per heavy atom. The van der Waals surface area contributed by atoms with Crippen molar-refractivity contribution in [3.8, 4) is 0 Å². The molecule has 0 aliphatic rings. The van der Waals surface area contributed by atoms with E-state index in [1.165, 1.54) is 0 Å². The van der Waals surface area contributed by atoms with E-state index in [1.807, 2.05) is 0 Å². The molecule has 0 radical (unpaired) electrons. The van der Waals surface area contributed by atoms with Crippen LogP contribution >= 0.6 is 0 Å². The summed E-state index contributed by atoms with van der Waals surface area (Å²) in [5.41, 5.74) is -1.26. The molecule has 1 aromatic rings. The minimum atomic E-state index is -4.89. The van der Waals surface area contributed by atoms with Crippen LogP contribution in [0.3, 0.4) is 0 Å². The zero-order valence-corrected chi connectivity index (χ0v) is 9.65. The molecule has 1 rings (SSSR count). The quantitative estimate of drug-likeness (QED) is 0.499. The largest absolute Gasteiger partial charge is 0.416 e. The number of halogens is 4. The second-order valence-electron chi connectivity index (χ2n) is 3.69. The molecule has 0 heterocycles. The summed E-state index contributed by atoms with van der Waals surface area (Å²) in [6.45, 7) is -1.11. The maximum atomic E-state index is 13.2. The van der Waals surface area contributed by atoms with E-state index in [1.54, 1.807) is 5.32 Å². The average molecular weight is 296 g/mol. The van der Waals surface area contributed by atoms with E-state index in [-0.39, 0.29) is 0 Å². The van der Waals surface area contributed by atoms with E-state index in [2.05, 4.69) is 0 Å². The summed E-state index contributed by atoms with van der Waals surface area (Å²) in [5.74, 6) is -2.39. The first-order valence-corrected chi connectivity index (χ1v) is 5.10. The van der Waals surface area contributed by atoms with E-state index in [0.29, 0.717) is 12.1 Å². The fraction of sp³-hybridized carbons (Fsp3) is 0.300. The van der Waals surface area contributed by atoms with Crippen LogP contribution < -0.4 is 5.32 Å². The number of nitrogens with one attached hydrogen (secondary N) is 1. The second kappa shape index (κ2) is 5.82. The van der Waals surface area contributed by atoms with Crippen LogP contribution in [0.2, 0.25) is 0 Å². The van der Waals surface area contributed by atoms with Gasteiger partial charge in [0, 0.05) is 11.6 Å². The number of carbonyl (C=O) groups is 1. The number of nitrogens with zero attached hydrogens (tertiary/aromatic N) is 1. The molecule has 0 bridgehead atoms. The molecule has 0 aliphatic heterocycles. The number of carbonyl (C=O) groups excluding carboxylic acids is 1. The zero-order chi connectivity index (χ0) is 15.5. The molecular weight excluding hydrogens is 288 g/mol. The van der Waals surface area contributed by atoms with Crippen molar-refractivity contribution in [2.24, 2.45) is 0 Å². The fourth-order valence-electron chi connectivity index (χ4n) is 1.20. The SMILES string of the molecule is O=C(NCC(O)C(F)(F)F)c1ccc([N+](=O)[O-])c(F)c1. The molecule has 20 heavy (non-hydrogen) atoms. The lowest BCUT2D eigenvalue weighted by molar-refractivity contribution is -0.387. The van der Waals surface area contributed by atoms with Crippen molar-refractivity contribution < 1.29 is 32.4 Å². The van der Waals surface area contributed by atoms with E-state index in [0.717, 1.165) is 6.07 Å². The van der Waals surface area contributed by atoms with E-state index >= 15 is 0 Å². The first kappa shape index (κ1) is 15.8. The van der Waals surface area contributed by atoms with E-state index in [9.17, 15) is 32.5 Å². The van der Waals surface area contributed by atoms with Gasteiger partial charge in [-0.3, -0.25) is 14.9 Å². The average Bonchev–Trinajstić information content (AvgIpc) is 2.33. The van der Waals surface area contributed by atoms with Crippen molar-refractivity contribution in [2.45, 2.75) is 12.3 Å². The lowest BCUT2D eigenvalue weighted by atomic mass is 10.2. The molecule has 0 saturated carbocycles. The van der Waals surface area contributed by atoms with Crippen LogP contribution in [-0.4, -0.2) is 34.8 Å². The highest BCUT2D eigenvalue weighted by atomic mass is 19.4. The highest BCUT2D eigenvalue weighted by molar-refractivity contribution is 5.94. The highest BCUT2D eigenvalue weighted by Crippen LogP contribution is 2.20. The van der Waals surface area contributed by atoms with E-state index < -0.39 is 46.7 Å². The predicted octanol–water partition coefficient (Wildman–Crippen LogP) is 1.39. The number of nitro groups is 1. The van der Waals surface area contributed by atoms with Gasteiger partial charge in [-0.15, -0.1) is 0 Å². The van der Waals surface area contributed by atoms with Crippen molar-refractivity contribution in [2.75, 3.05) is 6.54 Å². The van der Waals surface area contributed by atoms with Gasteiger partial charge in [-0.05, 0) is 12.1 Å². The first-order chi connectivity index (χ1) is 9.12.